The topological polar surface area (TPSA) is 69.1 Å². The number of imidazole rings is 1. The van der Waals surface area contributed by atoms with Crippen molar-refractivity contribution in [3.05, 3.63) is 53.9 Å². The highest BCUT2D eigenvalue weighted by Gasteiger charge is 2.16. The van der Waals surface area contributed by atoms with Gasteiger partial charge in [0.2, 0.25) is 5.95 Å². The van der Waals surface area contributed by atoms with Gasteiger partial charge in [0.1, 0.15) is 16.7 Å². The summed E-state index contributed by atoms with van der Waals surface area (Å²) in [6, 6.07) is 10.8. The van der Waals surface area contributed by atoms with E-state index in [-0.39, 0.29) is 5.95 Å². The largest absolute Gasteiger partial charge is 0.368 e. The fraction of sp³-hybridized carbons (Fsp3) is 0.320. The third-order valence-corrected chi connectivity index (χ3v) is 4.98. The monoisotopic (exact) mass is 401 g/mol. The van der Waals surface area contributed by atoms with E-state index in [0.29, 0.717) is 0 Å². The zero-order valence-corrected chi connectivity index (χ0v) is 18.8. The number of aryl methyl sites for hydroxylation is 2. The smallest absolute Gasteiger partial charge is 0.220 e. The summed E-state index contributed by atoms with van der Waals surface area (Å²) in [6.07, 6.45) is 6.08. The van der Waals surface area contributed by atoms with Crippen molar-refractivity contribution < 1.29 is 0 Å². The van der Waals surface area contributed by atoms with Crippen LogP contribution in [0.4, 0.5) is 5.95 Å². The van der Waals surface area contributed by atoms with Crippen molar-refractivity contribution in [2.45, 2.75) is 54.4 Å². The molecule has 0 bridgehead atoms. The second kappa shape index (κ2) is 9.08. The van der Waals surface area contributed by atoms with Gasteiger partial charge in [0.25, 0.3) is 0 Å². The Labute approximate surface area is 178 Å². The molecular weight excluding hydrogens is 370 g/mol. The van der Waals surface area contributed by atoms with Gasteiger partial charge in [-0.3, -0.25) is 4.40 Å². The van der Waals surface area contributed by atoms with Crippen molar-refractivity contribution in [1.82, 2.24) is 19.4 Å². The molecule has 5 nitrogen and oxygen atoms in total. The van der Waals surface area contributed by atoms with E-state index >= 15 is 0 Å². The summed E-state index contributed by atoms with van der Waals surface area (Å²) in [5, 5.41) is 3.24. The summed E-state index contributed by atoms with van der Waals surface area (Å²) in [5.74, 6) is 0.281. The Hall–Kier alpha value is -3.21. The molecule has 5 heteroatoms. The van der Waals surface area contributed by atoms with Crippen molar-refractivity contribution in [2.24, 2.45) is 0 Å². The van der Waals surface area contributed by atoms with Crippen LogP contribution in [0.25, 0.3) is 38.4 Å². The Balaban J connectivity index is 0.000000606. The number of hydrogen-bond donors (Lipinski definition) is 1. The number of rotatable bonds is 2. The Morgan fingerprint density at radius 3 is 2.37 bits per heavy atom. The molecule has 0 saturated carbocycles. The fourth-order valence-corrected chi connectivity index (χ4v) is 3.81. The first-order chi connectivity index (χ1) is 14.7. The molecule has 5 aromatic rings. The van der Waals surface area contributed by atoms with E-state index in [9.17, 15) is 0 Å². The molecular formula is C25H31N5. The van der Waals surface area contributed by atoms with Gasteiger partial charge in [0, 0.05) is 23.2 Å². The number of hydrogen-bond acceptors (Lipinski definition) is 4. The highest BCUT2D eigenvalue weighted by atomic mass is 15.0. The van der Waals surface area contributed by atoms with E-state index in [0.717, 1.165) is 51.2 Å². The van der Waals surface area contributed by atoms with Gasteiger partial charge in [-0.05, 0) is 36.4 Å². The number of nitrogen functional groups attached to an aromatic ring is 1. The van der Waals surface area contributed by atoms with E-state index < -0.39 is 0 Å². The molecule has 0 spiro atoms. The first-order valence-corrected chi connectivity index (χ1v) is 10.9. The average Bonchev–Trinajstić information content (AvgIpc) is 3.15. The number of anilines is 1. The van der Waals surface area contributed by atoms with Crippen LogP contribution in [0.15, 0.2) is 42.7 Å². The summed E-state index contributed by atoms with van der Waals surface area (Å²) in [5.41, 5.74) is 12.1. The van der Waals surface area contributed by atoms with Crippen LogP contribution in [0.2, 0.25) is 0 Å². The van der Waals surface area contributed by atoms with Gasteiger partial charge < -0.3 is 5.73 Å². The molecule has 0 radical (unpaired) electrons. The summed E-state index contributed by atoms with van der Waals surface area (Å²) in [6.45, 7) is 12.3. The van der Waals surface area contributed by atoms with E-state index in [2.05, 4.69) is 64.7 Å². The number of fused-ring (bicyclic) bond motifs is 8. The van der Waals surface area contributed by atoms with Crippen molar-refractivity contribution in [3.63, 3.8) is 0 Å². The Morgan fingerprint density at radius 1 is 0.900 bits per heavy atom. The molecule has 156 valence electrons. The molecule has 0 aliphatic carbocycles. The summed E-state index contributed by atoms with van der Waals surface area (Å²) >= 11 is 0. The zero-order valence-electron chi connectivity index (χ0n) is 18.8. The number of nitrogens with zero attached hydrogens (tertiary/aromatic N) is 4. The van der Waals surface area contributed by atoms with E-state index in [1.807, 2.05) is 33.9 Å². The standard InChI is InChI=1S/C21H19N5.2C2H6/c1-3-4-13-7-8-26-17(10-13)24-18-14-6-5-12(2)9-15(14)16-11-23-21(22)25-19(16)20(18)26;2*1-2/h5-11H,3-4H2,1-2H3,(H2,22,23,25);2*1-2H3. The van der Waals surface area contributed by atoms with E-state index in [1.165, 1.54) is 11.1 Å². The maximum absolute atomic E-state index is 5.91. The second-order valence-electron chi connectivity index (χ2n) is 6.86. The Kier molecular flexibility index (Phi) is 6.50. The quantitative estimate of drug-likeness (QED) is 0.344. The minimum Gasteiger partial charge on any atom is -0.368 e. The van der Waals surface area contributed by atoms with Crippen LogP contribution in [-0.4, -0.2) is 19.4 Å². The fourth-order valence-electron chi connectivity index (χ4n) is 3.81. The minimum absolute atomic E-state index is 0.281. The number of pyridine rings is 1. The van der Waals surface area contributed by atoms with Crippen molar-refractivity contribution in [3.8, 4) is 0 Å². The molecule has 0 amide bonds. The highest BCUT2D eigenvalue weighted by Crippen LogP contribution is 2.34. The Morgan fingerprint density at radius 2 is 1.63 bits per heavy atom. The number of benzene rings is 2. The number of aromatic nitrogens is 4. The zero-order chi connectivity index (χ0) is 21.8. The molecule has 0 fully saturated rings. The minimum atomic E-state index is 0.281. The van der Waals surface area contributed by atoms with Crippen molar-refractivity contribution in [1.29, 1.82) is 0 Å². The van der Waals surface area contributed by atoms with Crippen LogP contribution in [0.1, 0.15) is 52.2 Å². The predicted octanol–water partition coefficient (Wildman–Crippen LogP) is 6.48. The van der Waals surface area contributed by atoms with Crippen molar-refractivity contribution in [2.75, 3.05) is 5.73 Å². The molecule has 2 N–H and O–H groups in total. The molecule has 0 atom stereocenters. The molecule has 5 rings (SSSR count). The van der Waals surface area contributed by atoms with Crippen LogP contribution in [0.3, 0.4) is 0 Å². The third-order valence-electron chi connectivity index (χ3n) is 4.98. The SMILES string of the molecule is CC.CC.CCCc1ccn2c(c1)nc1c3ccc(C)cc3c3cnc(N)nc3c12. The molecule has 0 aliphatic heterocycles. The van der Waals surface area contributed by atoms with Crippen LogP contribution in [0, 0.1) is 6.92 Å². The van der Waals surface area contributed by atoms with Crippen LogP contribution >= 0.6 is 0 Å². The Bertz CT molecular complexity index is 1320. The first-order valence-electron chi connectivity index (χ1n) is 10.9. The average molecular weight is 402 g/mol. The van der Waals surface area contributed by atoms with Gasteiger partial charge in [-0.1, -0.05) is 64.8 Å². The summed E-state index contributed by atoms with van der Waals surface area (Å²) in [4.78, 5) is 13.8. The van der Waals surface area contributed by atoms with Crippen LogP contribution in [-0.2, 0) is 6.42 Å². The number of nitrogens with two attached hydrogens (primary N) is 1. The molecule has 3 heterocycles. The molecule has 0 unspecified atom stereocenters. The third kappa shape index (κ3) is 3.56. The van der Waals surface area contributed by atoms with Gasteiger partial charge >= 0.3 is 0 Å². The summed E-state index contributed by atoms with van der Waals surface area (Å²) in [7, 11) is 0. The van der Waals surface area contributed by atoms with Gasteiger partial charge in [0.15, 0.2) is 0 Å². The van der Waals surface area contributed by atoms with Crippen molar-refractivity contribution >= 4 is 44.3 Å². The van der Waals surface area contributed by atoms with Crippen LogP contribution < -0.4 is 5.73 Å². The first kappa shape index (κ1) is 21.5. The lowest BCUT2D eigenvalue weighted by Gasteiger charge is -2.07. The maximum atomic E-state index is 5.91. The van der Waals surface area contributed by atoms with E-state index in [1.54, 1.807) is 0 Å². The predicted molar refractivity (Wildman–Crippen MR) is 129 cm³/mol. The van der Waals surface area contributed by atoms with Gasteiger partial charge in [-0.2, -0.15) is 0 Å². The van der Waals surface area contributed by atoms with E-state index in [4.69, 9.17) is 10.7 Å². The lowest BCUT2D eigenvalue weighted by molar-refractivity contribution is 0.918. The van der Waals surface area contributed by atoms with Crippen LogP contribution in [0.5, 0.6) is 0 Å². The molecule has 30 heavy (non-hydrogen) atoms. The second-order valence-corrected chi connectivity index (χ2v) is 6.86. The lowest BCUT2D eigenvalue weighted by atomic mass is 10.0. The van der Waals surface area contributed by atoms with Gasteiger partial charge in [-0.25, -0.2) is 15.0 Å². The molecule has 3 aromatic heterocycles. The molecule has 0 aliphatic rings. The van der Waals surface area contributed by atoms with Gasteiger partial charge in [-0.15, -0.1) is 0 Å². The van der Waals surface area contributed by atoms with Gasteiger partial charge in [0.05, 0.1) is 5.52 Å². The lowest BCUT2D eigenvalue weighted by Crippen LogP contribution is -1.97. The molecule has 2 aromatic carbocycles. The maximum Gasteiger partial charge on any atom is 0.220 e. The normalized spacial score (nSPS) is 10.7. The summed E-state index contributed by atoms with van der Waals surface area (Å²) < 4.78 is 2.11. The highest BCUT2D eigenvalue weighted by molar-refractivity contribution is 6.22. The molecule has 0 saturated heterocycles.